The summed E-state index contributed by atoms with van der Waals surface area (Å²) in [7, 11) is -0.482. The minimum atomic E-state index is -0.247. The molecule has 0 bridgehead atoms. The Balaban J connectivity index is 1.37. The van der Waals surface area contributed by atoms with Crippen LogP contribution in [-0.4, -0.2) is 0 Å². The number of rotatable bonds is 13. The molecule has 262 valence electrons. The maximum Gasteiger partial charge on any atom is 0.275 e. The monoisotopic (exact) mass is 722 g/mol. The van der Waals surface area contributed by atoms with Crippen molar-refractivity contribution in [2.75, 3.05) is 0 Å². The van der Waals surface area contributed by atoms with Crippen LogP contribution in [0.3, 0.4) is 0 Å². The number of benzene rings is 7. The minimum Gasteiger partial charge on any atom is -0.440 e. The molecule has 0 aromatic heterocycles. The number of aryl methyl sites for hydroxylation is 1. The Kier molecular flexibility index (Phi) is 11.1. The highest BCUT2D eigenvalue weighted by Gasteiger charge is 2.29. The van der Waals surface area contributed by atoms with Crippen molar-refractivity contribution in [3.05, 3.63) is 179 Å². The highest BCUT2D eigenvalue weighted by atomic mass is 31.1. The topological polar surface area (TPSA) is 36.9 Å². The first-order valence-corrected chi connectivity index (χ1v) is 19.5. The van der Waals surface area contributed by atoms with Crippen LogP contribution in [0.5, 0.6) is 23.0 Å². The number of hydrogen-bond acceptors (Lipinski definition) is 4. The van der Waals surface area contributed by atoms with Crippen LogP contribution in [0.15, 0.2) is 146 Å². The average molecular weight is 723 g/mol. The minimum absolute atomic E-state index is 0.241. The fourth-order valence-electron chi connectivity index (χ4n) is 6.88. The third-order valence-electron chi connectivity index (χ3n) is 9.54. The zero-order valence-electron chi connectivity index (χ0n) is 30.2. The third kappa shape index (κ3) is 7.65. The summed E-state index contributed by atoms with van der Waals surface area (Å²) in [4.78, 5) is 0. The van der Waals surface area contributed by atoms with E-state index in [0.717, 1.165) is 72.4 Å². The molecule has 2 atom stereocenters. The summed E-state index contributed by atoms with van der Waals surface area (Å²) in [6.07, 6.45) is 0. The zero-order valence-corrected chi connectivity index (χ0v) is 32.2. The molecule has 0 saturated carbocycles. The van der Waals surface area contributed by atoms with Crippen LogP contribution in [0, 0.1) is 6.92 Å². The van der Waals surface area contributed by atoms with Gasteiger partial charge in [0.2, 0.25) is 0 Å². The van der Waals surface area contributed by atoms with Gasteiger partial charge in [-0.1, -0.05) is 155 Å². The average Bonchev–Trinajstić information content (AvgIpc) is 3.17. The van der Waals surface area contributed by atoms with Crippen LogP contribution in [0.1, 0.15) is 78.8 Å². The molecule has 2 unspecified atom stereocenters. The lowest BCUT2D eigenvalue weighted by molar-refractivity contribution is 0.502. The fourth-order valence-corrected chi connectivity index (χ4v) is 8.05. The van der Waals surface area contributed by atoms with Crippen LogP contribution >= 0.6 is 18.1 Å². The first-order valence-electron chi connectivity index (χ1n) is 17.8. The lowest BCUT2D eigenvalue weighted by atomic mass is 9.79. The maximum absolute atomic E-state index is 6.70. The van der Waals surface area contributed by atoms with E-state index in [2.05, 4.69) is 156 Å². The molecule has 0 spiro atoms. The van der Waals surface area contributed by atoms with Crippen molar-refractivity contribution in [2.45, 2.75) is 52.4 Å². The van der Waals surface area contributed by atoms with Crippen LogP contribution in [0.25, 0.3) is 21.5 Å². The van der Waals surface area contributed by atoms with Gasteiger partial charge in [0.1, 0.15) is 23.0 Å². The van der Waals surface area contributed by atoms with Crippen molar-refractivity contribution in [3.63, 3.8) is 0 Å². The molecule has 52 heavy (non-hydrogen) atoms. The Bertz CT molecular complexity index is 2160. The Morgan fingerprint density at radius 2 is 0.808 bits per heavy atom. The SMILES string of the molecule is Cc1ccc(C(c2c(OPOc3ccccc3C(C)C)ccc3ccccc23)c2c(OPOc3ccccc3C(C)C)ccc3ccccc23)cc1. The smallest absolute Gasteiger partial charge is 0.275 e. The second-order valence-electron chi connectivity index (χ2n) is 13.7. The normalized spacial score (nSPS) is 12.4. The van der Waals surface area contributed by atoms with Gasteiger partial charge >= 0.3 is 0 Å². The summed E-state index contributed by atoms with van der Waals surface area (Å²) in [5.41, 5.74) is 6.77. The molecular formula is C46H44O4P2. The lowest BCUT2D eigenvalue weighted by Gasteiger charge is -2.27. The van der Waals surface area contributed by atoms with Crippen LogP contribution in [0.2, 0.25) is 0 Å². The van der Waals surface area contributed by atoms with E-state index in [0.29, 0.717) is 11.8 Å². The molecule has 7 aromatic carbocycles. The second-order valence-corrected chi connectivity index (χ2v) is 14.9. The Hall–Kier alpha value is -4.88. The summed E-state index contributed by atoms with van der Waals surface area (Å²) in [6, 6.07) is 50.7. The van der Waals surface area contributed by atoms with Gasteiger partial charge in [-0.2, -0.15) is 0 Å². The van der Waals surface area contributed by atoms with Gasteiger partial charge < -0.3 is 18.1 Å². The molecule has 0 aliphatic rings. The van der Waals surface area contributed by atoms with Gasteiger partial charge in [-0.3, -0.25) is 0 Å². The van der Waals surface area contributed by atoms with Crippen LogP contribution in [-0.2, 0) is 0 Å². The fraction of sp³-hybridized carbons (Fsp3) is 0.174. The van der Waals surface area contributed by atoms with Crippen molar-refractivity contribution in [1.29, 1.82) is 0 Å². The van der Waals surface area contributed by atoms with E-state index < -0.39 is 0 Å². The molecule has 0 aliphatic carbocycles. The summed E-state index contributed by atoms with van der Waals surface area (Å²) < 4.78 is 26.1. The van der Waals surface area contributed by atoms with E-state index in [1.165, 1.54) is 5.56 Å². The second kappa shape index (κ2) is 16.2. The predicted octanol–water partition coefficient (Wildman–Crippen LogP) is 13.7. The predicted molar refractivity (Wildman–Crippen MR) is 220 cm³/mol. The highest BCUT2D eigenvalue weighted by Crippen LogP contribution is 2.49. The van der Waals surface area contributed by atoms with Gasteiger partial charge in [-0.05, 0) is 81.3 Å². The summed E-state index contributed by atoms with van der Waals surface area (Å²) in [5, 5.41) is 4.49. The lowest BCUT2D eigenvalue weighted by Crippen LogP contribution is -2.09. The Morgan fingerprint density at radius 3 is 1.27 bits per heavy atom. The highest BCUT2D eigenvalue weighted by molar-refractivity contribution is 7.27. The van der Waals surface area contributed by atoms with Crippen molar-refractivity contribution in [2.24, 2.45) is 0 Å². The zero-order chi connectivity index (χ0) is 36.0. The number of hydrogen-bond donors (Lipinski definition) is 0. The van der Waals surface area contributed by atoms with E-state index in [4.69, 9.17) is 18.1 Å². The summed E-state index contributed by atoms with van der Waals surface area (Å²) in [5.74, 6) is 3.65. The standard InChI is InChI=1S/C46H44O4P2/c1-30(2)36-16-10-12-20-40(36)47-51-49-42-28-26-33-14-6-8-18-38(33)45(42)44(35-24-22-32(5)23-25-35)46-39-19-9-7-15-34(39)27-29-43(46)50-52-48-41-21-13-11-17-37(41)31(3)4/h6-31,44,51-52H,1-5H3. The summed E-state index contributed by atoms with van der Waals surface area (Å²) in [6.45, 7) is 10.8. The molecule has 0 radical (unpaired) electrons. The van der Waals surface area contributed by atoms with Gasteiger partial charge in [0.15, 0.2) is 0 Å². The van der Waals surface area contributed by atoms with Gasteiger partial charge in [0.25, 0.3) is 18.1 Å². The van der Waals surface area contributed by atoms with Crippen molar-refractivity contribution < 1.29 is 18.1 Å². The van der Waals surface area contributed by atoms with E-state index in [1.54, 1.807) is 0 Å². The first-order chi connectivity index (χ1) is 25.4. The van der Waals surface area contributed by atoms with Gasteiger partial charge in [0, 0.05) is 17.0 Å². The molecule has 0 saturated heterocycles. The molecular weight excluding hydrogens is 678 g/mol. The van der Waals surface area contributed by atoms with Crippen LogP contribution < -0.4 is 18.1 Å². The third-order valence-corrected chi connectivity index (χ3v) is 10.8. The van der Waals surface area contributed by atoms with E-state index >= 15 is 0 Å². The number of fused-ring (bicyclic) bond motifs is 2. The molecule has 0 fully saturated rings. The first kappa shape index (κ1) is 35.5. The van der Waals surface area contributed by atoms with Gasteiger partial charge in [-0.15, -0.1) is 0 Å². The van der Waals surface area contributed by atoms with Gasteiger partial charge in [-0.25, -0.2) is 0 Å². The molecule has 0 aliphatic heterocycles. The van der Waals surface area contributed by atoms with Crippen molar-refractivity contribution in [1.82, 2.24) is 0 Å². The number of para-hydroxylation sites is 2. The molecule has 0 amide bonds. The molecule has 0 N–H and O–H groups in total. The molecule has 6 heteroatoms. The Morgan fingerprint density at radius 1 is 0.404 bits per heavy atom. The van der Waals surface area contributed by atoms with Crippen molar-refractivity contribution >= 4 is 39.6 Å². The van der Waals surface area contributed by atoms with Gasteiger partial charge in [0.05, 0.1) is 0 Å². The van der Waals surface area contributed by atoms with Crippen LogP contribution in [0.4, 0.5) is 0 Å². The van der Waals surface area contributed by atoms with E-state index in [-0.39, 0.29) is 24.0 Å². The van der Waals surface area contributed by atoms with E-state index in [1.807, 2.05) is 24.3 Å². The Labute approximate surface area is 311 Å². The maximum atomic E-state index is 6.70. The molecule has 7 aromatic rings. The molecule has 7 rings (SSSR count). The van der Waals surface area contributed by atoms with Crippen molar-refractivity contribution in [3.8, 4) is 23.0 Å². The van der Waals surface area contributed by atoms with E-state index in [9.17, 15) is 0 Å². The summed E-state index contributed by atoms with van der Waals surface area (Å²) >= 11 is 0. The molecule has 4 nitrogen and oxygen atoms in total. The largest absolute Gasteiger partial charge is 0.440 e. The quantitative estimate of drug-likeness (QED) is 0.0877. The molecule has 0 heterocycles.